The zero-order valence-electron chi connectivity index (χ0n) is 21.7. The zero-order chi connectivity index (χ0) is 26.5. The highest BCUT2D eigenvalue weighted by atomic mass is 35.5. The molecule has 0 radical (unpaired) electrons. The summed E-state index contributed by atoms with van der Waals surface area (Å²) in [5.41, 5.74) is 4.83. The maximum Gasteiger partial charge on any atom is 0.323 e. The van der Waals surface area contributed by atoms with Crippen molar-refractivity contribution in [2.75, 3.05) is 13.6 Å². The van der Waals surface area contributed by atoms with Crippen LogP contribution in [0.2, 0.25) is 5.15 Å². The topological polar surface area (TPSA) is 102 Å². The number of carbonyl (C=O) groups is 1. The van der Waals surface area contributed by atoms with Gasteiger partial charge >= 0.3 is 5.97 Å². The number of aromatic nitrogens is 6. The van der Waals surface area contributed by atoms with Crippen LogP contribution in [0.3, 0.4) is 0 Å². The molecule has 0 bridgehead atoms. The Kier molecular flexibility index (Phi) is 8.14. The summed E-state index contributed by atoms with van der Waals surface area (Å²) in [6.07, 6.45) is 4.70. The number of nitrogens with zero attached hydrogens (tertiary/aromatic N) is 6. The number of aromatic amines is 1. The predicted octanol–water partition coefficient (Wildman–Crippen LogP) is 4.91. The molecule has 1 N–H and O–H groups in total. The predicted molar refractivity (Wildman–Crippen MR) is 145 cm³/mol. The molecule has 3 heterocycles. The minimum atomic E-state index is -0.200. The second-order valence-electron chi connectivity index (χ2n) is 9.68. The summed E-state index contributed by atoms with van der Waals surface area (Å²) >= 11 is 6.59. The monoisotopic (exact) mass is 533 g/mol. The number of hydrogen-bond donors (Lipinski definition) is 1. The number of aryl methyl sites for hydroxylation is 1. The minimum Gasteiger partial charge on any atom is -0.458 e. The van der Waals surface area contributed by atoms with Crippen LogP contribution in [0.4, 0.5) is 0 Å². The van der Waals surface area contributed by atoms with Gasteiger partial charge in [0.25, 0.3) is 0 Å². The van der Waals surface area contributed by atoms with Gasteiger partial charge in [0.05, 0.1) is 5.69 Å². The average molecular weight is 534 g/mol. The van der Waals surface area contributed by atoms with Crippen LogP contribution in [0.5, 0.6) is 0 Å². The van der Waals surface area contributed by atoms with Gasteiger partial charge in [0.1, 0.15) is 18.5 Å². The maximum atomic E-state index is 12.7. The fourth-order valence-corrected chi connectivity index (χ4v) is 5.23. The van der Waals surface area contributed by atoms with Crippen molar-refractivity contribution in [2.24, 2.45) is 0 Å². The van der Waals surface area contributed by atoms with E-state index in [0.717, 1.165) is 72.4 Å². The second-order valence-corrected chi connectivity index (χ2v) is 10.0. The van der Waals surface area contributed by atoms with Gasteiger partial charge in [-0.2, -0.15) is 5.21 Å². The molecule has 2 aromatic carbocycles. The van der Waals surface area contributed by atoms with Crippen molar-refractivity contribution >= 4 is 17.6 Å². The number of rotatable bonds is 10. The largest absolute Gasteiger partial charge is 0.458 e. The summed E-state index contributed by atoms with van der Waals surface area (Å²) in [6, 6.07) is 16.2. The van der Waals surface area contributed by atoms with Crippen LogP contribution >= 0.6 is 11.6 Å². The van der Waals surface area contributed by atoms with E-state index in [0.29, 0.717) is 17.5 Å². The van der Waals surface area contributed by atoms with Crippen LogP contribution in [-0.4, -0.2) is 60.7 Å². The van der Waals surface area contributed by atoms with Crippen molar-refractivity contribution in [3.8, 4) is 22.5 Å². The van der Waals surface area contributed by atoms with Crippen molar-refractivity contribution in [2.45, 2.75) is 58.2 Å². The third-order valence-electron chi connectivity index (χ3n) is 7.12. The number of tetrazole rings is 1. The molecule has 0 saturated carbocycles. The van der Waals surface area contributed by atoms with Gasteiger partial charge < -0.3 is 9.30 Å². The number of halogens is 1. The van der Waals surface area contributed by atoms with Crippen molar-refractivity contribution in [1.82, 2.24) is 35.1 Å². The average Bonchev–Trinajstić information content (AvgIpc) is 3.68. The molecule has 1 atom stereocenters. The van der Waals surface area contributed by atoms with E-state index < -0.39 is 0 Å². The number of ether oxygens (including phenoxy) is 1. The van der Waals surface area contributed by atoms with Crippen LogP contribution < -0.4 is 0 Å². The van der Waals surface area contributed by atoms with Gasteiger partial charge in [0, 0.05) is 18.5 Å². The van der Waals surface area contributed by atoms with E-state index in [2.05, 4.69) is 61.4 Å². The Labute approximate surface area is 227 Å². The first kappa shape index (κ1) is 26.1. The highest BCUT2D eigenvalue weighted by Gasteiger charge is 2.29. The van der Waals surface area contributed by atoms with Gasteiger partial charge in [-0.05, 0) is 54.8 Å². The Morgan fingerprint density at radius 3 is 2.63 bits per heavy atom. The summed E-state index contributed by atoms with van der Waals surface area (Å²) in [4.78, 5) is 19.4. The maximum absolute atomic E-state index is 12.7. The van der Waals surface area contributed by atoms with Crippen LogP contribution in [-0.2, 0) is 29.1 Å². The summed E-state index contributed by atoms with van der Waals surface area (Å²) in [5, 5.41) is 14.9. The smallest absolute Gasteiger partial charge is 0.323 e. The fraction of sp³-hybridized carbons (Fsp3) is 0.393. The normalized spacial score (nSPS) is 15.7. The summed E-state index contributed by atoms with van der Waals surface area (Å²) < 4.78 is 7.84. The van der Waals surface area contributed by atoms with Gasteiger partial charge in [-0.1, -0.05) is 73.5 Å². The molecular weight excluding hydrogens is 502 g/mol. The Morgan fingerprint density at radius 1 is 1.16 bits per heavy atom. The molecule has 1 fully saturated rings. The van der Waals surface area contributed by atoms with E-state index in [1.165, 1.54) is 0 Å². The molecule has 0 amide bonds. The summed E-state index contributed by atoms with van der Waals surface area (Å²) in [5.74, 6) is 1.27. The van der Waals surface area contributed by atoms with Crippen LogP contribution in [0.25, 0.3) is 22.5 Å². The number of unbranched alkanes of at least 4 members (excludes halogenated alkanes) is 1. The van der Waals surface area contributed by atoms with E-state index in [4.69, 9.17) is 16.3 Å². The van der Waals surface area contributed by atoms with Crippen LogP contribution in [0, 0.1) is 0 Å². The minimum absolute atomic E-state index is 0.108. The van der Waals surface area contributed by atoms with E-state index in [1.54, 1.807) is 0 Å². The first-order valence-electron chi connectivity index (χ1n) is 13.1. The van der Waals surface area contributed by atoms with Crippen molar-refractivity contribution < 1.29 is 9.53 Å². The van der Waals surface area contributed by atoms with Gasteiger partial charge in [-0.15, -0.1) is 10.2 Å². The lowest BCUT2D eigenvalue weighted by atomic mass is 9.98. The number of likely N-dealkylation sites (N-methyl/N-ethyl adjacent to an activating group) is 1. The molecule has 0 spiro atoms. The zero-order valence-corrected chi connectivity index (χ0v) is 22.5. The molecule has 1 saturated heterocycles. The number of likely N-dealkylation sites (tertiary alicyclic amines) is 1. The molecule has 1 aliphatic heterocycles. The molecule has 0 aliphatic carbocycles. The number of esters is 1. The Bertz CT molecular complexity index is 1370. The molecular formula is C28H32ClN7O2. The molecule has 1 unspecified atom stereocenters. The number of imidazole rings is 1. The molecule has 198 valence electrons. The number of nitrogens with one attached hydrogen (secondary N) is 1. The van der Waals surface area contributed by atoms with Gasteiger partial charge in [0.2, 0.25) is 5.82 Å². The first-order valence-corrected chi connectivity index (χ1v) is 13.5. The number of H-pyrrole nitrogens is 1. The van der Waals surface area contributed by atoms with E-state index in [-0.39, 0.29) is 18.6 Å². The van der Waals surface area contributed by atoms with E-state index in [9.17, 15) is 4.79 Å². The standard InChI is InChI=1S/C28H32ClN7O2/c1-3-4-11-25-30-26(29)24(18-38-28(37)23-10-7-16-35(23)2)36(25)17-19-12-14-20(15-13-19)21-8-5-6-9-22(21)27-31-33-34-32-27/h5-6,8-9,12-15,23H,3-4,7,10-11,16-18H2,1-2H3,(H,31,32,33,34). The van der Waals surface area contributed by atoms with Crippen molar-refractivity contribution in [1.29, 1.82) is 0 Å². The Morgan fingerprint density at radius 2 is 1.95 bits per heavy atom. The molecule has 38 heavy (non-hydrogen) atoms. The molecule has 1 aliphatic rings. The first-order chi connectivity index (χ1) is 18.5. The molecule has 9 nitrogen and oxygen atoms in total. The fourth-order valence-electron chi connectivity index (χ4n) is 4.98. The molecule has 2 aromatic heterocycles. The number of carbonyl (C=O) groups excluding carboxylic acids is 1. The Hall–Kier alpha value is -3.56. The number of hydrogen-bond acceptors (Lipinski definition) is 7. The summed E-state index contributed by atoms with van der Waals surface area (Å²) in [7, 11) is 1.96. The quantitative estimate of drug-likeness (QED) is 0.289. The highest BCUT2D eigenvalue weighted by Crippen LogP contribution is 2.30. The van der Waals surface area contributed by atoms with E-state index >= 15 is 0 Å². The second kappa shape index (κ2) is 11.9. The lowest BCUT2D eigenvalue weighted by Crippen LogP contribution is -2.34. The lowest BCUT2D eigenvalue weighted by Gasteiger charge is -2.18. The van der Waals surface area contributed by atoms with Crippen LogP contribution in [0.15, 0.2) is 48.5 Å². The number of benzene rings is 2. The third-order valence-corrected chi connectivity index (χ3v) is 7.42. The van der Waals surface area contributed by atoms with Gasteiger partial charge in [-0.3, -0.25) is 9.69 Å². The van der Waals surface area contributed by atoms with Crippen molar-refractivity contribution in [3.63, 3.8) is 0 Å². The molecule has 10 heteroatoms. The SMILES string of the molecule is CCCCc1nc(Cl)c(COC(=O)C2CCCN2C)n1Cc1ccc(-c2ccccc2-c2nn[nH]n2)cc1. The molecule has 4 aromatic rings. The van der Waals surface area contributed by atoms with Crippen LogP contribution in [0.1, 0.15) is 49.7 Å². The van der Waals surface area contributed by atoms with Crippen molar-refractivity contribution in [3.05, 3.63) is 70.8 Å². The Balaban J connectivity index is 1.37. The van der Waals surface area contributed by atoms with Gasteiger partial charge in [0.15, 0.2) is 5.15 Å². The van der Waals surface area contributed by atoms with E-state index in [1.807, 2.05) is 36.2 Å². The summed E-state index contributed by atoms with van der Waals surface area (Å²) in [6.45, 7) is 3.76. The molecule has 5 rings (SSSR count). The lowest BCUT2D eigenvalue weighted by molar-refractivity contribution is -0.150. The highest BCUT2D eigenvalue weighted by molar-refractivity contribution is 6.30. The van der Waals surface area contributed by atoms with Gasteiger partial charge in [-0.25, -0.2) is 4.98 Å². The third kappa shape index (κ3) is 5.63.